The van der Waals surface area contributed by atoms with Crippen molar-refractivity contribution in [3.8, 4) is 17.6 Å². The predicted molar refractivity (Wildman–Crippen MR) is 73.4 cm³/mol. The molecule has 0 heterocycles. The highest BCUT2D eigenvalue weighted by Gasteiger charge is 2.24. The summed E-state index contributed by atoms with van der Waals surface area (Å²) in [4.78, 5) is 0. The fourth-order valence-corrected chi connectivity index (χ4v) is 2.02. The van der Waals surface area contributed by atoms with E-state index in [9.17, 15) is 10.4 Å². The number of ether oxygens (including phenoxy) is 2. The first kappa shape index (κ1) is 15.3. The third-order valence-electron chi connectivity index (χ3n) is 3.15. The van der Waals surface area contributed by atoms with Gasteiger partial charge in [-0.25, -0.2) is 0 Å². The Hall–Kier alpha value is -1.73. The highest BCUT2D eigenvalue weighted by atomic mass is 16.5. The summed E-state index contributed by atoms with van der Waals surface area (Å²) >= 11 is 0. The number of benzene rings is 1. The fraction of sp³-hybridized carbons (Fsp3) is 0.533. The monoisotopic (exact) mass is 263 g/mol. The van der Waals surface area contributed by atoms with Gasteiger partial charge in [0, 0.05) is 11.6 Å². The normalized spacial score (nSPS) is 13.4. The van der Waals surface area contributed by atoms with Gasteiger partial charge in [-0.3, -0.25) is 0 Å². The highest BCUT2D eigenvalue weighted by Crippen LogP contribution is 2.33. The van der Waals surface area contributed by atoms with E-state index in [-0.39, 0.29) is 0 Å². The second-order valence-electron chi connectivity index (χ2n) is 4.42. The highest BCUT2D eigenvalue weighted by molar-refractivity contribution is 5.45. The number of rotatable bonds is 7. The largest absolute Gasteiger partial charge is 0.497 e. The second-order valence-corrected chi connectivity index (χ2v) is 4.42. The maximum absolute atomic E-state index is 10.1. The zero-order chi connectivity index (χ0) is 14.3. The van der Waals surface area contributed by atoms with E-state index in [1.165, 1.54) is 0 Å². The van der Waals surface area contributed by atoms with Gasteiger partial charge in [0.25, 0.3) is 0 Å². The van der Waals surface area contributed by atoms with Crippen molar-refractivity contribution in [2.45, 2.75) is 38.2 Å². The maximum atomic E-state index is 10.1. The van der Waals surface area contributed by atoms with E-state index in [0.29, 0.717) is 23.5 Å². The second kappa shape index (κ2) is 7.65. The van der Waals surface area contributed by atoms with Crippen LogP contribution in [0.5, 0.6) is 11.5 Å². The molecule has 1 rings (SSSR count). The summed E-state index contributed by atoms with van der Waals surface area (Å²) in [6.45, 7) is 2.06. The summed E-state index contributed by atoms with van der Waals surface area (Å²) in [6, 6.07) is 7.45. The van der Waals surface area contributed by atoms with Gasteiger partial charge in [0.2, 0.25) is 0 Å². The maximum Gasteiger partial charge on any atom is 0.127 e. The van der Waals surface area contributed by atoms with E-state index in [1.807, 2.05) is 0 Å². The van der Waals surface area contributed by atoms with Crippen LogP contribution in [0.2, 0.25) is 0 Å². The van der Waals surface area contributed by atoms with Crippen molar-refractivity contribution >= 4 is 0 Å². The van der Waals surface area contributed by atoms with Gasteiger partial charge in [-0.1, -0.05) is 25.8 Å². The fourth-order valence-electron chi connectivity index (χ4n) is 2.02. The lowest BCUT2D eigenvalue weighted by Crippen LogP contribution is -2.17. The van der Waals surface area contributed by atoms with Crippen molar-refractivity contribution in [2.24, 2.45) is 0 Å². The van der Waals surface area contributed by atoms with Crippen LogP contribution in [0.15, 0.2) is 18.2 Å². The summed E-state index contributed by atoms with van der Waals surface area (Å²) in [7, 11) is 3.12. The van der Waals surface area contributed by atoms with Gasteiger partial charge >= 0.3 is 0 Å². The number of nitriles is 1. The van der Waals surface area contributed by atoms with Crippen molar-refractivity contribution < 1.29 is 14.6 Å². The molecule has 0 saturated heterocycles. The molecule has 0 spiro atoms. The van der Waals surface area contributed by atoms with E-state index >= 15 is 0 Å². The van der Waals surface area contributed by atoms with Crippen LogP contribution >= 0.6 is 0 Å². The lowest BCUT2D eigenvalue weighted by molar-refractivity contribution is 0.147. The minimum atomic E-state index is -0.674. The third-order valence-corrected chi connectivity index (χ3v) is 3.15. The van der Waals surface area contributed by atoms with Crippen molar-refractivity contribution in [2.75, 3.05) is 14.2 Å². The molecular weight excluding hydrogens is 242 g/mol. The Balaban J connectivity index is 3.01. The Morgan fingerprint density at radius 3 is 2.58 bits per heavy atom. The van der Waals surface area contributed by atoms with Crippen molar-refractivity contribution in [1.82, 2.24) is 0 Å². The zero-order valence-electron chi connectivity index (χ0n) is 11.7. The molecule has 0 amide bonds. The molecule has 0 saturated carbocycles. The van der Waals surface area contributed by atoms with Crippen LogP contribution in [-0.4, -0.2) is 25.4 Å². The van der Waals surface area contributed by atoms with Crippen LogP contribution < -0.4 is 9.47 Å². The average Bonchev–Trinajstić information content (AvgIpc) is 2.46. The molecule has 19 heavy (non-hydrogen) atoms. The smallest absolute Gasteiger partial charge is 0.127 e. The first-order chi connectivity index (χ1) is 9.17. The molecule has 2 unspecified atom stereocenters. The molecule has 4 nitrogen and oxygen atoms in total. The molecule has 1 aromatic carbocycles. The Morgan fingerprint density at radius 1 is 1.32 bits per heavy atom. The first-order valence-electron chi connectivity index (χ1n) is 6.47. The third kappa shape index (κ3) is 3.87. The summed E-state index contributed by atoms with van der Waals surface area (Å²) in [5.74, 6) is 0.661. The van der Waals surface area contributed by atoms with Crippen LogP contribution in [0.1, 0.15) is 37.7 Å². The van der Waals surface area contributed by atoms with Crippen LogP contribution in [-0.2, 0) is 0 Å². The Labute approximate surface area is 114 Å². The van der Waals surface area contributed by atoms with E-state index in [1.54, 1.807) is 32.4 Å². The van der Waals surface area contributed by atoms with E-state index in [4.69, 9.17) is 9.47 Å². The molecule has 104 valence electrons. The van der Waals surface area contributed by atoms with Gasteiger partial charge < -0.3 is 14.6 Å². The first-order valence-corrected chi connectivity index (χ1v) is 6.47. The van der Waals surface area contributed by atoms with E-state index < -0.39 is 12.0 Å². The van der Waals surface area contributed by atoms with Crippen LogP contribution in [0.4, 0.5) is 0 Å². The Kier molecular flexibility index (Phi) is 6.17. The van der Waals surface area contributed by atoms with Gasteiger partial charge in [0.1, 0.15) is 17.4 Å². The molecular formula is C15H21NO3. The number of methoxy groups -OCH3 is 2. The molecule has 0 radical (unpaired) electrons. The molecule has 0 aliphatic rings. The van der Waals surface area contributed by atoms with Gasteiger partial charge in [0.05, 0.1) is 26.4 Å². The Morgan fingerprint density at radius 2 is 2.05 bits per heavy atom. The van der Waals surface area contributed by atoms with E-state index in [2.05, 4.69) is 13.0 Å². The molecule has 0 fully saturated rings. The summed E-state index contributed by atoms with van der Waals surface area (Å²) in [5.41, 5.74) is 0.703. The van der Waals surface area contributed by atoms with Crippen LogP contribution in [0.25, 0.3) is 0 Å². The van der Waals surface area contributed by atoms with Crippen molar-refractivity contribution in [1.29, 1.82) is 5.26 Å². The van der Waals surface area contributed by atoms with Gasteiger partial charge in [-0.2, -0.15) is 5.26 Å². The van der Waals surface area contributed by atoms with Crippen LogP contribution in [0.3, 0.4) is 0 Å². The average molecular weight is 263 g/mol. The lowest BCUT2D eigenvalue weighted by Gasteiger charge is -2.19. The molecule has 1 N–H and O–H groups in total. The number of aliphatic hydroxyl groups excluding tert-OH is 1. The SMILES string of the molecule is CCCCC(O)C(C#N)c1ccc(OC)cc1OC. The van der Waals surface area contributed by atoms with Crippen LogP contribution in [0, 0.1) is 11.3 Å². The van der Waals surface area contributed by atoms with Gasteiger partial charge in [-0.05, 0) is 12.5 Å². The molecule has 0 aliphatic heterocycles. The van der Waals surface area contributed by atoms with E-state index in [0.717, 1.165) is 12.8 Å². The van der Waals surface area contributed by atoms with Gasteiger partial charge in [-0.15, -0.1) is 0 Å². The summed E-state index contributed by atoms with van der Waals surface area (Å²) < 4.78 is 10.4. The topological polar surface area (TPSA) is 62.5 Å². The predicted octanol–water partition coefficient (Wildman–Crippen LogP) is 2.86. The minimum Gasteiger partial charge on any atom is -0.497 e. The molecule has 1 aromatic rings. The number of nitrogens with zero attached hydrogens (tertiary/aromatic N) is 1. The number of hydrogen-bond acceptors (Lipinski definition) is 4. The number of unbranched alkanes of at least 4 members (excludes halogenated alkanes) is 1. The lowest BCUT2D eigenvalue weighted by atomic mass is 9.91. The molecule has 0 bridgehead atoms. The van der Waals surface area contributed by atoms with Crippen molar-refractivity contribution in [3.05, 3.63) is 23.8 Å². The summed E-state index contributed by atoms with van der Waals surface area (Å²) in [5, 5.41) is 19.4. The zero-order valence-corrected chi connectivity index (χ0v) is 11.7. The number of aliphatic hydroxyl groups is 1. The molecule has 0 aromatic heterocycles. The minimum absolute atomic E-state index is 0.571. The Bertz CT molecular complexity index is 440. The quantitative estimate of drug-likeness (QED) is 0.821. The van der Waals surface area contributed by atoms with Gasteiger partial charge in [0.15, 0.2) is 0 Å². The summed E-state index contributed by atoms with van der Waals surface area (Å²) in [6.07, 6.45) is 1.84. The molecule has 0 aliphatic carbocycles. The number of hydrogen-bond donors (Lipinski definition) is 1. The molecule has 2 atom stereocenters. The van der Waals surface area contributed by atoms with Crippen molar-refractivity contribution in [3.63, 3.8) is 0 Å². The molecule has 4 heteroatoms. The standard InChI is InChI=1S/C15H21NO3/c1-4-5-6-14(17)13(10-16)12-8-7-11(18-2)9-15(12)19-3/h7-9,13-14,17H,4-6H2,1-3H3.